The third-order valence-corrected chi connectivity index (χ3v) is 8.47. The lowest BCUT2D eigenvalue weighted by Gasteiger charge is -2.36. The lowest BCUT2D eigenvalue weighted by atomic mass is 9.81. The Hall–Kier alpha value is -2.95. The minimum Gasteiger partial charge on any atom is -0.356 e. The Kier molecular flexibility index (Phi) is 7.50. The second-order valence-electron chi connectivity index (χ2n) is 9.86. The lowest BCUT2D eigenvalue weighted by molar-refractivity contribution is -0.126. The number of H-pyrrole nitrogens is 1. The summed E-state index contributed by atoms with van der Waals surface area (Å²) >= 11 is 7.51. The van der Waals surface area contributed by atoms with Gasteiger partial charge in [-0.1, -0.05) is 11.6 Å². The van der Waals surface area contributed by atoms with E-state index in [4.69, 9.17) is 11.6 Å². The second kappa shape index (κ2) is 10.8. The summed E-state index contributed by atoms with van der Waals surface area (Å²) in [5.41, 5.74) is 2.23. The Morgan fingerprint density at radius 1 is 1.16 bits per heavy atom. The van der Waals surface area contributed by atoms with Gasteiger partial charge in [0, 0.05) is 58.8 Å². The molecule has 1 aliphatic heterocycles. The van der Waals surface area contributed by atoms with E-state index in [9.17, 15) is 14.4 Å². The maximum Gasteiger partial charge on any atom is 0.280 e. The number of nitrogens with zero attached hydrogens (tertiary/aromatic N) is 2. The monoisotopic (exact) mass is 542 g/mol. The molecule has 3 aromatic rings. The summed E-state index contributed by atoms with van der Waals surface area (Å²) in [4.78, 5) is 50.1. The van der Waals surface area contributed by atoms with Crippen molar-refractivity contribution in [1.82, 2.24) is 30.8 Å². The molecule has 1 saturated carbocycles. The van der Waals surface area contributed by atoms with E-state index in [0.29, 0.717) is 41.5 Å². The van der Waals surface area contributed by atoms with Crippen LogP contribution in [0.4, 0.5) is 0 Å². The Balaban J connectivity index is 1.33. The van der Waals surface area contributed by atoms with Crippen molar-refractivity contribution in [2.45, 2.75) is 51.2 Å². The van der Waals surface area contributed by atoms with E-state index in [-0.39, 0.29) is 29.7 Å². The lowest BCUT2D eigenvalue weighted by Crippen LogP contribution is -2.56. The molecular formula is C26H31ClN6O3S. The fourth-order valence-electron chi connectivity index (χ4n) is 5.18. The van der Waals surface area contributed by atoms with Gasteiger partial charge in [-0.05, 0) is 57.5 Å². The first-order valence-corrected chi connectivity index (χ1v) is 13.8. The van der Waals surface area contributed by atoms with E-state index in [2.05, 4.69) is 37.9 Å². The molecule has 1 fully saturated rings. The van der Waals surface area contributed by atoms with Crippen LogP contribution in [-0.2, 0) is 17.8 Å². The zero-order chi connectivity index (χ0) is 26.1. The van der Waals surface area contributed by atoms with Gasteiger partial charge in [0.15, 0.2) is 5.01 Å². The average molecular weight is 543 g/mol. The number of hydrogen-bond acceptors (Lipinski definition) is 6. The molecule has 2 aliphatic rings. The fraction of sp³-hybridized carbons (Fsp3) is 0.462. The molecule has 1 aliphatic carbocycles. The second-order valence-corrected chi connectivity index (χ2v) is 11.4. The minimum absolute atomic E-state index is 0.0215. The van der Waals surface area contributed by atoms with Gasteiger partial charge in [0.2, 0.25) is 5.91 Å². The SMILES string of the molecule is CCNC(=O)C1CCC(NC(=O)c2cc3cc(Cl)ccc3[nH]2)C(NC(=O)c2nc3c(s2)CN(C)CC3)C1. The third-order valence-electron chi connectivity index (χ3n) is 7.15. The Labute approximate surface area is 224 Å². The number of aromatic amines is 1. The van der Waals surface area contributed by atoms with E-state index >= 15 is 0 Å². The molecule has 196 valence electrons. The molecule has 0 radical (unpaired) electrons. The third kappa shape index (κ3) is 5.66. The van der Waals surface area contributed by atoms with Crippen LogP contribution in [0.5, 0.6) is 0 Å². The zero-order valence-corrected chi connectivity index (χ0v) is 22.5. The maximum absolute atomic E-state index is 13.3. The molecule has 0 spiro atoms. The molecule has 1 aromatic carbocycles. The first kappa shape index (κ1) is 25.7. The summed E-state index contributed by atoms with van der Waals surface area (Å²) in [5, 5.41) is 11.0. The van der Waals surface area contributed by atoms with E-state index in [1.807, 2.05) is 13.0 Å². The van der Waals surface area contributed by atoms with Crippen LogP contribution in [0.2, 0.25) is 5.02 Å². The number of hydrogen-bond donors (Lipinski definition) is 4. The van der Waals surface area contributed by atoms with E-state index in [1.54, 1.807) is 18.2 Å². The highest BCUT2D eigenvalue weighted by molar-refractivity contribution is 7.13. The molecule has 37 heavy (non-hydrogen) atoms. The van der Waals surface area contributed by atoms with Gasteiger partial charge in [0.05, 0.1) is 11.7 Å². The molecule has 3 atom stereocenters. The van der Waals surface area contributed by atoms with Gasteiger partial charge in [-0.3, -0.25) is 14.4 Å². The highest BCUT2D eigenvalue weighted by Crippen LogP contribution is 2.28. The fourth-order valence-corrected chi connectivity index (χ4v) is 6.45. The number of rotatable bonds is 6. The molecule has 2 aromatic heterocycles. The van der Waals surface area contributed by atoms with Crippen LogP contribution in [0.3, 0.4) is 0 Å². The van der Waals surface area contributed by atoms with Gasteiger partial charge in [-0.25, -0.2) is 4.98 Å². The summed E-state index contributed by atoms with van der Waals surface area (Å²) in [5.74, 6) is -0.776. The Morgan fingerprint density at radius 3 is 2.78 bits per heavy atom. The summed E-state index contributed by atoms with van der Waals surface area (Å²) in [6, 6.07) is 6.45. The van der Waals surface area contributed by atoms with Crippen LogP contribution in [0.15, 0.2) is 24.3 Å². The van der Waals surface area contributed by atoms with Crippen LogP contribution >= 0.6 is 22.9 Å². The predicted molar refractivity (Wildman–Crippen MR) is 144 cm³/mol. The normalized spacial score (nSPS) is 21.9. The molecule has 4 N–H and O–H groups in total. The Morgan fingerprint density at radius 2 is 1.97 bits per heavy atom. The van der Waals surface area contributed by atoms with Crippen LogP contribution in [0, 0.1) is 5.92 Å². The van der Waals surface area contributed by atoms with Gasteiger partial charge in [-0.15, -0.1) is 11.3 Å². The molecular weight excluding hydrogens is 512 g/mol. The average Bonchev–Trinajstić information content (AvgIpc) is 3.49. The quantitative estimate of drug-likeness (QED) is 0.381. The van der Waals surface area contributed by atoms with Gasteiger partial charge < -0.3 is 25.8 Å². The topological polar surface area (TPSA) is 119 Å². The van der Waals surface area contributed by atoms with E-state index < -0.39 is 6.04 Å². The predicted octanol–water partition coefficient (Wildman–Crippen LogP) is 3.10. The first-order valence-electron chi connectivity index (χ1n) is 12.7. The molecule has 3 heterocycles. The number of fused-ring (bicyclic) bond motifs is 2. The van der Waals surface area contributed by atoms with Crippen LogP contribution < -0.4 is 16.0 Å². The molecule has 11 heteroatoms. The van der Waals surface area contributed by atoms with Gasteiger partial charge in [0.25, 0.3) is 11.8 Å². The molecule has 3 unspecified atom stereocenters. The number of carbonyl (C=O) groups excluding carboxylic acids is 3. The van der Waals surface area contributed by atoms with Crippen molar-refractivity contribution in [2.75, 3.05) is 20.1 Å². The van der Waals surface area contributed by atoms with Crippen molar-refractivity contribution in [1.29, 1.82) is 0 Å². The van der Waals surface area contributed by atoms with Crippen LogP contribution in [-0.4, -0.2) is 64.8 Å². The number of thiazole rings is 1. The smallest absolute Gasteiger partial charge is 0.280 e. The van der Waals surface area contributed by atoms with Gasteiger partial charge in [-0.2, -0.15) is 0 Å². The number of likely N-dealkylation sites (N-methyl/N-ethyl adjacent to an activating group) is 1. The molecule has 5 rings (SSSR count). The molecule has 0 saturated heterocycles. The zero-order valence-electron chi connectivity index (χ0n) is 20.9. The highest BCUT2D eigenvalue weighted by atomic mass is 35.5. The van der Waals surface area contributed by atoms with Crippen LogP contribution in [0.1, 0.15) is 57.0 Å². The van der Waals surface area contributed by atoms with E-state index in [1.165, 1.54) is 11.3 Å². The van der Waals surface area contributed by atoms with Crippen molar-refractivity contribution in [3.05, 3.63) is 50.6 Å². The largest absolute Gasteiger partial charge is 0.356 e. The van der Waals surface area contributed by atoms with Gasteiger partial charge >= 0.3 is 0 Å². The summed E-state index contributed by atoms with van der Waals surface area (Å²) in [6.45, 7) is 4.15. The number of aromatic nitrogens is 2. The van der Waals surface area contributed by atoms with Crippen molar-refractivity contribution in [3.8, 4) is 0 Å². The summed E-state index contributed by atoms with van der Waals surface area (Å²) in [6.07, 6.45) is 2.47. The number of halogens is 1. The van der Waals surface area contributed by atoms with Crippen molar-refractivity contribution >= 4 is 51.6 Å². The minimum atomic E-state index is -0.403. The van der Waals surface area contributed by atoms with Gasteiger partial charge in [0.1, 0.15) is 5.69 Å². The van der Waals surface area contributed by atoms with Crippen LogP contribution in [0.25, 0.3) is 10.9 Å². The van der Waals surface area contributed by atoms with E-state index in [0.717, 1.165) is 41.0 Å². The number of benzene rings is 1. The number of carbonyl (C=O) groups is 3. The standard InChI is InChI=1S/C26H31ClN6O3S/c1-3-28-23(34)14-4-6-18(30-24(35)21-12-15-10-16(27)5-7-17(15)29-21)20(11-14)31-25(36)26-32-19-8-9-33(2)13-22(19)37-26/h5,7,10,12,14,18,20,29H,3-4,6,8-9,11,13H2,1-2H3,(H,28,34)(H,30,35)(H,31,36). The number of nitrogens with one attached hydrogen (secondary N) is 4. The summed E-state index contributed by atoms with van der Waals surface area (Å²) < 4.78 is 0. The molecule has 3 amide bonds. The summed E-state index contributed by atoms with van der Waals surface area (Å²) in [7, 11) is 2.06. The van der Waals surface area contributed by atoms with Crippen molar-refractivity contribution in [2.24, 2.45) is 5.92 Å². The van der Waals surface area contributed by atoms with Crippen molar-refractivity contribution in [3.63, 3.8) is 0 Å². The maximum atomic E-state index is 13.3. The van der Waals surface area contributed by atoms with Crippen molar-refractivity contribution < 1.29 is 14.4 Å². The first-order chi connectivity index (χ1) is 17.8. The number of amides is 3. The Bertz CT molecular complexity index is 1340. The highest BCUT2D eigenvalue weighted by Gasteiger charge is 2.36. The molecule has 9 nitrogen and oxygen atoms in total. The molecule has 0 bridgehead atoms.